The van der Waals surface area contributed by atoms with E-state index < -0.39 is 0 Å². The molecule has 0 unspecified atom stereocenters. The summed E-state index contributed by atoms with van der Waals surface area (Å²) in [7, 11) is 0. The Morgan fingerprint density at radius 2 is 1.91 bits per heavy atom. The zero-order valence-electron chi connectivity index (χ0n) is 13.7. The number of rotatable bonds is 7. The van der Waals surface area contributed by atoms with Crippen LogP contribution in [-0.2, 0) is 11.3 Å². The van der Waals surface area contributed by atoms with Crippen molar-refractivity contribution in [1.29, 1.82) is 0 Å². The summed E-state index contributed by atoms with van der Waals surface area (Å²) in [4.78, 5) is 2.60. The van der Waals surface area contributed by atoms with Gasteiger partial charge in [0.05, 0.1) is 0 Å². The monoisotopic (exact) mass is 300 g/mol. The van der Waals surface area contributed by atoms with Gasteiger partial charge < -0.3 is 14.2 Å². The van der Waals surface area contributed by atoms with Crippen molar-refractivity contribution in [2.24, 2.45) is 5.92 Å². The molecule has 2 heterocycles. The summed E-state index contributed by atoms with van der Waals surface area (Å²) < 4.78 is 8.08. The van der Waals surface area contributed by atoms with Gasteiger partial charge in [0, 0.05) is 38.0 Å². The van der Waals surface area contributed by atoms with E-state index in [4.69, 9.17) is 4.74 Å². The quantitative estimate of drug-likeness (QED) is 0.724. The third-order valence-electron chi connectivity index (χ3n) is 4.75. The number of aromatic nitrogens is 1. The number of benzene rings is 1. The van der Waals surface area contributed by atoms with Crippen LogP contribution in [0.15, 0.2) is 36.5 Å². The normalized spacial score (nSPS) is 17.3. The van der Waals surface area contributed by atoms with E-state index in [2.05, 4.69) is 52.9 Å². The maximum Gasteiger partial charge on any atom is 0.0495 e. The van der Waals surface area contributed by atoms with Gasteiger partial charge >= 0.3 is 0 Å². The van der Waals surface area contributed by atoms with E-state index in [9.17, 15) is 0 Å². The van der Waals surface area contributed by atoms with Crippen LogP contribution in [0, 0.1) is 5.92 Å². The number of para-hydroxylation sites is 1. The second kappa shape index (κ2) is 7.80. The first-order valence-electron chi connectivity index (χ1n) is 8.71. The number of fused-ring (bicyclic) bond motifs is 1. The fraction of sp³-hybridized carbons (Fsp3) is 0.579. The van der Waals surface area contributed by atoms with Crippen molar-refractivity contribution in [3.8, 4) is 0 Å². The molecule has 0 aliphatic carbocycles. The summed E-state index contributed by atoms with van der Waals surface area (Å²) in [5, 5.41) is 1.34. The zero-order chi connectivity index (χ0) is 15.2. The molecule has 0 radical (unpaired) electrons. The molecule has 0 N–H and O–H groups in total. The van der Waals surface area contributed by atoms with Crippen LogP contribution in [0.4, 0.5) is 0 Å². The summed E-state index contributed by atoms with van der Waals surface area (Å²) in [6, 6.07) is 10.9. The molecule has 120 valence electrons. The molecule has 3 heteroatoms. The molecule has 1 aliphatic rings. The average Bonchev–Trinajstić information content (AvgIpc) is 2.98. The Morgan fingerprint density at radius 3 is 2.73 bits per heavy atom. The van der Waals surface area contributed by atoms with Crippen LogP contribution in [0.1, 0.15) is 26.2 Å². The van der Waals surface area contributed by atoms with Crippen molar-refractivity contribution in [3.63, 3.8) is 0 Å². The number of piperidine rings is 1. The summed E-state index contributed by atoms with van der Waals surface area (Å²) in [6.07, 6.45) is 5.92. The highest BCUT2D eigenvalue weighted by Gasteiger charge is 2.19. The molecule has 3 nitrogen and oxygen atoms in total. The molecule has 1 fully saturated rings. The summed E-state index contributed by atoms with van der Waals surface area (Å²) >= 11 is 0. The molecule has 2 aromatic rings. The van der Waals surface area contributed by atoms with Gasteiger partial charge in [0.2, 0.25) is 0 Å². The van der Waals surface area contributed by atoms with Crippen molar-refractivity contribution in [2.75, 3.05) is 32.8 Å². The predicted octanol–water partition coefficient (Wildman–Crippen LogP) is 3.78. The summed E-state index contributed by atoms with van der Waals surface area (Å²) in [5.41, 5.74) is 1.35. The van der Waals surface area contributed by atoms with Gasteiger partial charge in [0.1, 0.15) is 0 Å². The molecule has 0 saturated carbocycles. The molecule has 1 saturated heterocycles. The van der Waals surface area contributed by atoms with Gasteiger partial charge in [-0.1, -0.05) is 25.1 Å². The second-order valence-electron chi connectivity index (χ2n) is 6.43. The molecule has 1 aliphatic heterocycles. The third kappa shape index (κ3) is 3.90. The lowest BCUT2D eigenvalue weighted by atomic mass is 9.98. The average molecular weight is 300 g/mol. The Bertz CT molecular complexity index is 570. The smallest absolute Gasteiger partial charge is 0.0495 e. The second-order valence-corrected chi connectivity index (χ2v) is 6.43. The molecule has 0 spiro atoms. The van der Waals surface area contributed by atoms with Crippen LogP contribution >= 0.6 is 0 Å². The van der Waals surface area contributed by atoms with Gasteiger partial charge in [-0.2, -0.15) is 0 Å². The van der Waals surface area contributed by atoms with Crippen LogP contribution in [0.25, 0.3) is 10.9 Å². The van der Waals surface area contributed by atoms with E-state index in [1.165, 1.54) is 36.8 Å². The maximum atomic E-state index is 5.70. The van der Waals surface area contributed by atoms with E-state index in [0.29, 0.717) is 0 Å². The topological polar surface area (TPSA) is 17.4 Å². The lowest BCUT2D eigenvalue weighted by Gasteiger charge is -2.31. The lowest BCUT2D eigenvalue weighted by Crippen LogP contribution is -2.37. The minimum absolute atomic E-state index is 0.773. The highest BCUT2D eigenvalue weighted by molar-refractivity contribution is 5.79. The van der Waals surface area contributed by atoms with E-state index in [0.717, 1.165) is 38.6 Å². The van der Waals surface area contributed by atoms with Crippen molar-refractivity contribution >= 4 is 10.9 Å². The van der Waals surface area contributed by atoms with Crippen molar-refractivity contribution < 1.29 is 4.74 Å². The van der Waals surface area contributed by atoms with Crippen LogP contribution in [0.3, 0.4) is 0 Å². The Labute approximate surface area is 133 Å². The summed E-state index contributed by atoms with van der Waals surface area (Å²) in [5.74, 6) is 0.773. The van der Waals surface area contributed by atoms with E-state index in [1.807, 2.05) is 0 Å². The SMILES string of the molecule is CCCOCC1CCN(CCn2ccc3ccccc32)CC1. The van der Waals surface area contributed by atoms with Crippen molar-refractivity contribution in [3.05, 3.63) is 36.5 Å². The Morgan fingerprint density at radius 1 is 1.09 bits per heavy atom. The van der Waals surface area contributed by atoms with Crippen molar-refractivity contribution in [2.45, 2.75) is 32.7 Å². The van der Waals surface area contributed by atoms with E-state index >= 15 is 0 Å². The van der Waals surface area contributed by atoms with Gasteiger partial charge in [0.25, 0.3) is 0 Å². The number of likely N-dealkylation sites (tertiary alicyclic amines) is 1. The number of nitrogens with zero attached hydrogens (tertiary/aromatic N) is 2. The molecule has 0 atom stereocenters. The molecule has 0 bridgehead atoms. The number of hydrogen-bond donors (Lipinski definition) is 0. The molecular formula is C19H28N2O. The van der Waals surface area contributed by atoms with Crippen LogP contribution in [0.5, 0.6) is 0 Å². The molecule has 0 amide bonds. The molecule has 22 heavy (non-hydrogen) atoms. The van der Waals surface area contributed by atoms with Crippen molar-refractivity contribution in [1.82, 2.24) is 9.47 Å². The highest BCUT2D eigenvalue weighted by atomic mass is 16.5. The molecular weight excluding hydrogens is 272 g/mol. The van der Waals surface area contributed by atoms with E-state index in [1.54, 1.807) is 0 Å². The Balaban J connectivity index is 1.43. The van der Waals surface area contributed by atoms with E-state index in [-0.39, 0.29) is 0 Å². The first-order chi connectivity index (χ1) is 10.9. The molecule has 3 rings (SSSR count). The fourth-order valence-corrected chi connectivity index (χ4v) is 3.36. The van der Waals surface area contributed by atoms with Gasteiger partial charge in [-0.15, -0.1) is 0 Å². The van der Waals surface area contributed by atoms with Gasteiger partial charge in [-0.05, 0) is 55.8 Å². The standard InChI is InChI=1S/C19H28N2O/c1-2-15-22-16-17-7-10-20(11-8-17)13-14-21-12-9-18-5-3-4-6-19(18)21/h3-6,9,12,17H,2,7-8,10-11,13-16H2,1H3. The Kier molecular flexibility index (Phi) is 5.52. The fourth-order valence-electron chi connectivity index (χ4n) is 3.36. The minimum Gasteiger partial charge on any atom is -0.381 e. The first kappa shape index (κ1) is 15.6. The van der Waals surface area contributed by atoms with Crippen LogP contribution in [-0.4, -0.2) is 42.3 Å². The predicted molar refractivity (Wildman–Crippen MR) is 92.2 cm³/mol. The molecule has 1 aromatic heterocycles. The van der Waals surface area contributed by atoms with Gasteiger partial charge in [-0.25, -0.2) is 0 Å². The zero-order valence-corrected chi connectivity index (χ0v) is 13.7. The number of hydrogen-bond acceptors (Lipinski definition) is 2. The summed E-state index contributed by atoms with van der Waals surface area (Å²) in [6.45, 7) is 8.74. The van der Waals surface area contributed by atoms with Crippen LogP contribution < -0.4 is 0 Å². The lowest BCUT2D eigenvalue weighted by molar-refractivity contribution is 0.0667. The van der Waals surface area contributed by atoms with Gasteiger partial charge in [0.15, 0.2) is 0 Å². The minimum atomic E-state index is 0.773. The first-order valence-corrected chi connectivity index (χ1v) is 8.71. The highest BCUT2D eigenvalue weighted by Crippen LogP contribution is 2.19. The Hall–Kier alpha value is -1.32. The third-order valence-corrected chi connectivity index (χ3v) is 4.75. The maximum absolute atomic E-state index is 5.70. The number of ether oxygens (including phenoxy) is 1. The largest absolute Gasteiger partial charge is 0.381 e. The van der Waals surface area contributed by atoms with Crippen LogP contribution in [0.2, 0.25) is 0 Å². The molecule has 1 aromatic carbocycles. The van der Waals surface area contributed by atoms with Gasteiger partial charge in [-0.3, -0.25) is 0 Å².